The van der Waals surface area contributed by atoms with Gasteiger partial charge in [0.15, 0.2) is 11.5 Å². The molecule has 0 bridgehead atoms. The molecule has 11 nitrogen and oxygen atoms in total. The number of hydrogen-bond acceptors (Lipinski definition) is 8. The molecule has 270 valence electrons. The van der Waals surface area contributed by atoms with Crippen molar-refractivity contribution in [2.24, 2.45) is 5.92 Å². The molecule has 2 aliphatic heterocycles. The number of anilines is 2. The van der Waals surface area contributed by atoms with E-state index in [2.05, 4.69) is 22.5 Å². The molecule has 3 aromatic rings. The number of urea groups is 1. The smallest absolute Gasteiger partial charge is 0.323 e. The van der Waals surface area contributed by atoms with Crippen LogP contribution in [0.25, 0.3) is 0 Å². The Labute approximate surface area is 303 Å². The van der Waals surface area contributed by atoms with Gasteiger partial charge < -0.3 is 39.6 Å². The number of carbonyl (C=O) groups is 2. The Bertz CT molecular complexity index is 1640. The molecule has 0 saturated carbocycles. The Morgan fingerprint density at radius 1 is 0.980 bits per heavy atom. The Kier molecular flexibility index (Phi) is 13.1. The zero-order valence-electron chi connectivity index (χ0n) is 28.9. The summed E-state index contributed by atoms with van der Waals surface area (Å²) in [4.78, 5) is 31.3. The summed E-state index contributed by atoms with van der Waals surface area (Å²) in [6.45, 7) is 7.89. The molecule has 50 heavy (non-hydrogen) atoms. The van der Waals surface area contributed by atoms with E-state index in [0.717, 1.165) is 24.8 Å². The number of likely N-dealkylation sites (N-methyl/N-ethyl adjacent to an activating group) is 1. The first-order valence-corrected chi connectivity index (χ1v) is 17.7. The molecule has 3 aromatic carbocycles. The van der Waals surface area contributed by atoms with Crippen LogP contribution >= 0.6 is 23.2 Å². The van der Waals surface area contributed by atoms with Gasteiger partial charge in [-0.2, -0.15) is 0 Å². The lowest BCUT2D eigenvalue weighted by molar-refractivity contribution is -0.0177. The molecule has 0 spiro atoms. The van der Waals surface area contributed by atoms with Crippen molar-refractivity contribution in [2.45, 2.75) is 64.8 Å². The fourth-order valence-electron chi connectivity index (χ4n) is 6.05. The number of nitrogens with zero attached hydrogens (tertiary/aromatic N) is 2. The molecule has 13 heteroatoms. The van der Waals surface area contributed by atoms with Crippen molar-refractivity contribution >= 4 is 46.5 Å². The molecule has 0 saturated heterocycles. The van der Waals surface area contributed by atoms with Crippen molar-refractivity contribution in [2.75, 3.05) is 50.8 Å². The second-order valence-electron chi connectivity index (χ2n) is 13.1. The van der Waals surface area contributed by atoms with E-state index in [1.54, 1.807) is 47.4 Å². The quantitative estimate of drug-likeness (QED) is 0.221. The van der Waals surface area contributed by atoms with Crippen LogP contribution in [0.5, 0.6) is 17.2 Å². The number of benzene rings is 3. The SMILES string of the molecule is C[C@@H]1CCCCO[C@@H](CN(C)Cc2ccc(Cl)c(Cl)c2)[C@H](C)CN([C@@H](C)CO)C(=O)c2cc(NC(=O)Nc3ccc4c(c3)OCO4)ccc2O1. The van der Waals surface area contributed by atoms with Gasteiger partial charge in [-0.25, -0.2) is 4.79 Å². The third-order valence-electron chi connectivity index (χ3n) is 8.87. The lowest BCUT2D eigenvalue weighted by Gasteiger charge is -2.36. The number of rotatable bonds is 8. The van der Waals surface area contributed by atoms with Gasteiger partial charge in [0.25, 0.3) is 5.91 Å². The summed E-state index contributed by atoms with van der Waals surface area (Å²) in [6, 6.07) is 14.8. The van der Waals surface area contributed by atoms with E-state index in [9.17, 15) is 14.7 Å². The third kappa shape index (κ3) is 9.95. The first-order chi connectivity index (χ1) is 24.0. The van der Waals surface area contributed by atoms with Crippen molar-refractivity contribution in [3.8, 4) is 17.2 Å². The maximum absolute atomic E-state index is 14.4. The molecule has 2 aliphatic rings. The van der Waals surface area contributed by atoms with E-state index in [4.69, 9.17) is 42.1 Å². The fourth-order valence-corrected chi connectivity index (χ4v) is 6.37. The number of carbonyl (C=O) groups excluding carboxylic acids is 2. The summed E-state index contributed by atoms with van der Waals surface area (Å²) < 4.78 is 23.6. The molecule has 2 heterocycles. The average molecular weight is 730 g/mol. The van der Waals surface area contributed by atoms with Crippen LogP contribution in [0.4, 0.5) is 16.2 Å². The molecule has 0 aromatic heterocycles. The molecule has 0 fully saturated rings. The second-order valence-corrected chi connectivity index (χ2v) is 13.9. The number of hydrogen-bond donors (Lipinski definition) is 3. The molecule has 3 N–H and O–H groups in total. The number of aliphatic hydroxyl groups is 1. The lowest BCUT2D eigenvalue weighted by atomic mass is 10.0. The highest BCUT2D eigenvalue weighted by Gasteiger charge is 2.30. The van der Waals surface area contributed by atoms with E-state index in [-0.39, 0.29) is 43.0 Å². The summed E-state index contributed by atoms with van der Waals surface area (Å²) >= 11 is 12.4. The number of halogens is 2. The van der Waals surface area contributed by atoms with Gasteiger partial charge in [0.1, 0.15) is 5.75 Å². The van der Waals surface area contributed by atoms with Crippen LogP contribution in [0.15, 0.2) is 54.6 Å². The number of aliphatic hydroxyl groups excluding tert-OH is 1. The van der Waals surface area contributed by atoms with Gasteiger partial charge >= 0.3 is 6.03 Å². The normalized spacial score (nSPS) is 20.4. The average Bonchev–Trinajstić information content (AvgIpc) is 3.55. The minimum Gasteiger partial charge on any atom is -0.490 e. The van der Waals surface area contributed by atoms with E-state index in [1.165, 1.54) is 0 Å². The highest BCUT2D eigenvalue weighted by molar-refractivity contribution is 6.42. The van der Waals surface area contributed by atoms with E-state index >= 15 is 0 Å². The Morgan fingerprint density at radius 3 is 2.44 bits per heavy atom. The van der Waals surface area contributed by atoms with Crippen molar-refractivity contribution in [1.82, 2.24) is 9.80 Å². The van der Waals surface area contributed by atoms with Gasteiger partial charge in [0.2, 0.25) is 6.79 Å². The summed E-state index contributed by atoms with van der Waals surface area (Å²) in [6.07, 6.45) is 2.14. The van der Waals surface area contributed by atoms with Crippen molar-refractivity contribution < 1.29 is 33.6 Å². The van der Waals surface area contributed by atoms with Crippen molar-refractivity contribution in [1.29, 1.82) is 0 Å². The number of fused-ring (bicyclic) bond motifs is 2. The number of nitrogens with one attached hydrogen (secondary N) is 2. The zero-order chi connectivity index (χ0) is 35.8. The van der Waals surface area contributed by atoms with Gasteiger partial charge in [-0.3, -0.25) is 9.69 Å². The van der Waals surface area contributed by atoms with Crippen LogP contribution in [0.2, 0.25) is 10.0 Å². The molecule has 4 atom stereocenters. The predicted molar refractivity (Wildman–Crippen MR) is 195 cm³/mol. The Balaban J connectivity index is 1.36. The van der Waals surface area contributed by atoms with Crippen LogP contribution in [-0.2, 0) is 11.3 Å². The monoisotopic (exact) mass is 728 g/mol. The van der Waals surface area contributed by atoms with Crippen molar-refractivity contribution in [3.05, 3.63) is 75.8 Å². The van der Waals surface area contributed by atoms with Gasteiger partial charge in [-0.05, 0) is 88.2 Å². The Hall–Kier alpha value is -3.74. The number of amides is 3. The predicted octanol–water partition coefficient (Wildman–Crippen LogP) is 7.29. The van der Waals surface area contributed by atoms with E-state index in [1.807, 2.05) is 33.0 Å². The summed E-state index contributed by atoms with van der Waals surface area (Å²) in [5.41, 5.74) is 2.24. The highest BCUT2D eigenvalue weighted by Crippen LogP contribution is 2.34. The summed E-state index contributed by atoms with van der Waals surface area (Å²) in [5.74, 6) is 1.16. The largest absolute Gasteiger partial charge is 0.490 e. The molecule has 3 amide bonds. The van der Waals surface area contributed by atoms with Crippen LogP contribution in [0, 0.1) is 5.92 Å². The second kappa shape index (κ2) is 17.5. The fraction of sp³-hybridized carbons (Fsp3) is 0.459. The topological polar surface area (TPSA) is 122 Å². The molecular formula is C37H46Cl2N4O7. The summed E-state index contributed by atoms with van der Waals surface area (Å²) in [7, 11) is 2.02. The third-order valence-corrected chi connectivity index (χ3v) is 9.61. The highest BCUT2D eigenvalue weighted by atomic mass is 35.5. The maximum atomic E-state index is 14.4. The van der Waals surface area contributed by atoms with Crippen LogP contribution in [0.3, 0.4) is 0 Å². The van der Waals surface area contributed by atoms with Gasteiger partial charge in [-0.1, -0.05) is 36.2 Å². The van der Waals surface area contributed by atoms with Gasteiger partial charge in [-0.15, -0.1) is 0 Å². The number of ether oxygens (including phenoxy) is 4. The van der Waals surface area contributed by atoms with E-state index < -0.39 is 12.1 Å². The van der Waals surface area contributed by atoms with Crippen LogP contribution in [-0.4, -0.2) is 85.2 Å². The standard InChI is InChI=1S/C37H46Cl2N4O7/c1-23-18-43(24(2)21-44)36(45)29-16-27(40-37(46)41-28-10-13-33-34(17-28)49-22-48-33)9-12-32(29)50-25(3)7-5-6-14-47-35(23)20-42(4)19-26-8-11-30(38)31(39)15-26/h8-13,15-17,23-25,35,44H,5-7,14,18-22H2,1-4H3,(H2,40,41,46)/t23-,24+,25-,35+/m1/s1. The molecule has 5 rings (SSSR count). The summed E-state index contributed by atoms with van der Waals surface area (Å²) in [5, 5.41) is 16.9. The van der Waals surface area contributed by atoms with Gasteiger partial charge in [0, 0.05) is 49.6 Å². The zero-order valence-corrected chi connectivity index (χ0v) is 30.4. The minimum absolute atomic E-state index is 0.0933. The minimum atomic E-state index is -0.497. The molecule has 0 aliphatic carbocycles. The van der Waals surface area contributed by atoms with Crippen molar-refractivity contribution in [3.63, 3.8) is 0 Å². The van der Waals surface area contributed by atoms with Crippen LogP contribution in [0.1, 0.15) is 56.0 Å². The Morgan fingerprint density at radius 2 is 1.70 bits per heavy atom. The molecule has 0 unspecified atom stereocenters. The van der Waals surface area contributed by atoms with Gasteiger partial charge in [0.05, 0.1) is 40.5 Å². The maximum Gasteiger partial charge on any atom is 0.323 e. The first kappa shape index (κ1) is 37.5. The first-order valence-electron chi connectivity index (χ1n) is 16.9. The van der Waals surface area contributed by atoms with E-state index in [0.29, 0.717) is 64.9 Å². The molecular weight excluding hydrogens is 683 g/mol. The molecule has 0 radical (unpaired) electrons. The van der Waals surface area contributed by atoms with Crippen LogP contribution < -0.4 is 24.8 Å². The lowest BCUT2D eigenvalue weighted by Crippen LogP contribution is -2.47.